The fraction of sp³-hybridized carbons (Fsp3) is 0.562. The van der Waals surface area contributed by atoms with Crippen LogP contribution in [0, 0.1) is 0 Å². The normalized spacial score (nSPS) is 15.5. The molecule has 1 amide bonds. The lowest BCUT2D eigenvalue weighted by molar-refractivity contribution is -0.122. The van der Waals surface area contributed by atoms with Crippen LogP contribution in [0.5, 0.6) is 5.75 Å². The van der Waals surface area contributed by atoms with Crippen LogP contribution in [0.25, 0.3) is 0 Å². The van der Waals surface area contributed by atoms with Crippen molar-refractivity contribution in [3.05, 3.63) is 29.8 Å². The molecule has 1 aromatic rings. The maximum Gasteiger partial charge on any atom is 0.234 e. The zero-order valence-electron chi connectivity index (χ0n) is 13.1. The fourth-order valence-electron chi connectivity index (χ4n) is 2.56. The molecule has 0 unspecified atom stereocenters. The Balaban J connectivity index is 0.00000242. The number of halogens is 1. The van der Waals surface area contributed by atoms with Gasteiger partial charge in [0.25, 0.3) is 0 Å². The van der Waals surface area contributed by atoms with Crippen LogP contribution in [0.4, 0.5) is 0 Å². The van der Waals surface area contributed by atoms with Crippen LogP contribution >= 0.6 is 12.4 Å². The molecule has 0 radical (unpaired) electrons. The molecule has 0 bridgehead atoms. The molecule has 2 rings (SSSR count). The van der Waals surface area contributed by atoms with Gasteiger partial charge in [-0.15, -0.1) is 12.4 Å². The van der Waals surface area contributed by atoms with Crippen LogP contribution in [0.2, 0.25) is 0 Å². The summed E-state index contributed by atoms with van der Waals surface area (Å²) in [5, 5.41) is 6.33. The second-order valence-corrected chi connectivity index (χ2v) is 5.29. The molecule has 2 N–H and O–H groups in total. The highest BCUT2D eigenvalue weighted by Gasteiger charge is 2.12. The number of hydrogen-bond donors (Lipinski definition) is 2. The maximum absolute atomic E-state index is 12.0. The molecule has 0 aliphatic carbocycles. The van der Waals surface area contributed by atoms with Crippen LogP contribution in [0.1, 0.15) is 12.0 Å². The van der Waals surface area contributed by atoms with Gasteiger partial charge in [-0.3, -0.25) is 9.69 Å². The quantitative estimate of drug-likeness (QED) is 0.820. The molecule has 22 heavy (non-hydrogen) atoms. The van der Waals surface area contributed by atoms with E-state index >= 15 is 0 Å². The fourth-order valence-corrected chi connectivity index (χ4v) is 2.56. The summed E-state index contributed by atoms with van der Waals surface area (Å²) >= 11 is 0. The highest BCUT2D eigenvalue weighted by Crippen LogP contribution is 2.17. The largest absolute Gasteiger partial charge is 0.496 e. The molecule has 1 fully saturated rings. The predicted octanol–water partition coefficient (Wildman–Crippen LogP) is 1.07. The molecule has 5 nitrogen and oxygen atoms in total. The monoisotopic (exact) mass is 327 g/mol. The number of rotatable bonds is 6. The van der Waals surface area contributed by atoms with Crippen LogP contribution in [0.15, 0.2) is 24.3 Å². The maximum atomic E-state index is 12.0. The number of ether oxygens (including phenoxy) is 1. The molecular weight excluding hydrogens is 302 g/mol. The van der Waals surface area contributed by atoms with Gasteiger partial charge in [0, 0.05) is 19.6 Å². The van der Waals surface area contributed by atoms with E-state index in [1.165, 1.54) is 0 Å². The Morgan fingerprint density at radius 2 is 2.14 bits per heavy atom. The predicted molar refractivity (Wildman–Crippen MR) is 90.9 cm³/mol. The third-order valence-electron chi connectivity index (χ3n) is 3.71. The van der Waals surface area contributed by atoms with Crippen LogP contribution < -0.4 is 15.4 Å². The van der Waals surface area contributed by atoms with E-state index in [2.05, 4.69) is 15.5 Å². The summed E-state index contributed by atoms with van der Waals surface area (Å²) in [6, 6.07) is 7.92. The SMILES string of the molecule is COc1ccccc1CCNC(=O)CN1CCCNCC1.Cl. The minimum atomic E-state index is 0. The van der Waals surface area contributed by atoms with Crippen molar-refractivity contribution in [3.8, 4) is 5.75 Å². The molecule has 1 aliphatic heterocycles. The number of nitrogens with zero attached hydrogens (tertiary/aromatic N) is 1. The molecule has 1 aliphatic rings. The highest BCUT2D eigenvalue weighted by molar-refractivity contribution is 5.85. The van der Waals surface area contributed by atoms with Crippen molar-refractivity contribution in [1.82, 2.24) is 15.5 Å². The van der Waals surface area contributed by atoms with Crippen molar-refractivity contribution < 1.29 is 9.53 Å². The standard InChI is InChI=1S/C16H25N3O2.ClH/c1-21-15-6-3-2-5-14(15)7-9-18-16(20)13-19-11-4-8-17-10-12-19;/h2-3,5-6,17H,4,7-13H2,1H3,(H,18,20);1H. The minimum Gasteiger partial charge on any atom is -0.496 e. The summed E-state index contributed by atoms with van der Waals surface area (Å²) < 4.78 is 5.31. The average Bonchev–Trinajstić information content (AvgIpc) is 2.76. The molecule has 6 heteroatoms. The van der Waals surface area contributed by atoms with Gasteiger partial charge in [0.2, 0.25) is 5.91 Å². The van der Waals surface area contributed by atoms with Gasteiger partial charge in [0.15, 0.2) is 0 Å². The Morgan fingerprint density at radius 3 is 2.95 bits per heavy atom. The van der Waals surface area contributed by atoms with E-state index < -0.39 is 0 Å². The van der Waals surface area contributed by atoms with Gasteiger partial charge in [0.1, 0.15) is 5.75 Å². The molecule has 0 spiro atoms. The first-order chi connectivity index (χ1) is 10.3. The van der Waals surface area contributed by atoms with E-state index in [1.54, 1.807) is 7.11 Å². The van der Waals surface area contributed by atoms with Gasteiger partial charge in [-0.05, 0) is 37.6 Å². The van der Waals surface area contributed by atoms with Gasteiger partial charge in [-0.1, -0.05) is 18.2 Å². The lowest BCUT2D eigenvalue weighted by atomic mass is 10.1. The Bertz CT molecular complexity index is 449. The van der Waals surface area contributed by atoms with Crippen molar-refractivity contribution >= 4 is 18.3 Å². The van der Waals surface area contributed by atoms with Crippen LogP contribution in [-0.2, 0) is 11.2 Å². The number of para-hydroxylation sites is 1. The topological polar surface area (TPSA) is 53.6 Å². The molecule has 0 aromatic heterocycles. The first-order valence-corrected chi connectivity index (χ1v) is 7.61. The number of nitrogens with one attached hydrogen (secondary N) is 2. The van der Waals surface area contributed by atoms with Crippen molar-refractivity contribution in [2.45, 2.75) is 12.8 Å². The average molecular weight is 328 g/mol. The Morgan fingerprint density at radius 1 is 1.32 bits per heavy atom. The first kappa shape index (κ1) is 18.7. The molecule has 124 valence electrons. The lowest BCUT2D eigenvalue weighted by Crippen LogP contribution is -2.39. The van der Waals surface area contributed by atoms with Crippen LogP contribution in [0.3, 0.4) is 0 Å². The van der Waals surface area contributed by atoms with Crippen molar-refractivity contribution in [3.63, 3.8) is 0 Å². The van der Waals surface area contributed by atoms with Gasteiger partial charge < -0.3 is 15.4 Å². The molecule has 1 aromatic carbocycles. The number of benzene rings is 1. The van der Waals surface area contributed by atoms with E-state index in [1.807, 2.05) is 24.3 Å². The summed E-state index contributed by atoms with van der Waals surface area (Å²) in [5.41, 5.74) is 1.12. The van der Waals surface area contributed by atoms with Gasteiger partial charge >= 0.3 is 0 Å². The smallest absolute Gasteiger partial charge is 0.234 e. The van der Waals surface area contributed by atoms with Gasteiger partial charge in [0.05, 0.1) is 13.7 Å². The number of hydrogen-bond acceptors (Lipinski definition) is 4. The zero-order valence-corrected chi connectivity index (χ0v) is 14.0. The zero-order chi connectivity index (χ0) is 14.9. The summed E-state index contributed by atoms with van der Waals surface area (Å²) in [5.74, 6) is 0.983. The molecule has 0 saturated carbocycles. The van der Waals surface area contributed by atoms with E-state index in [4.69, 9.17) is 4.74 Å². The molecule has 0 atom stereocenters. The Kier molecular flexibility index (Phi) is 8.89. The summed E-state index contributed by atoms with van der Waals surface area (Å²) in [6.45, 7) is 5.09. The van der Waals surface area contributed by atoms with Crippen molar-refractivity contribution in [2.24, 2.45) is 0 Å². The minimum absolute atomic E-state index is 0. The number of amides is 1. The third-order valence-corrected chi connectivity index (χ3v) is 3.71. The van der Waals surface area contributed by atoms with E-state index in [0.717, 1.165) is 50.3 Å². The Labute approximate surface area is 138 Å². The number of carbonyl (C=O) groups is 1. The van der Waals surface area contributed by atoms with Gasteiger partial charge in [-0.25, -0.2) is 0 Å². The van der Waals surface area contributed by atoms with Gasteiger partial charge in [-0.2, -0.15) is 0 Å². The van der Waals surface area contributed by atoms with Crippen LogP contribution in [-0.4, -0.2) is 57.2 Å². The van der Waals surface area contributed by atoms with E-state index in [9.17, 15) is 4.79 Å². The van der Waals surface area contributed by atoms with E-state index in [-0.39, 0.29) is 18.3 Å². The highest BCUT2D eigenvalue weighted by atomic mass is 35.5. The third kappa shape index (κ3) is 6.22. The van der Waals surface area contributed by atoms with Crippen molar-refractivity contribution in [1.29, 1.82) is 0 Å². The summed E-state index contributed by atoms with van der Waals surface area (Å²) in [6.07, 6.45) is 1.89. The summed E-state index contributed by atoms with van der Waals surface area (Å²) in [7, 11) is 1.67. The Hall–Kier alpha value is -1.30. The first-order valence-electron chi connectivity index (χ1n) is 7.61. The lowest BCUT2D eigenvalue weighted by Gasteiger charge is -2.18. The summed E-state index contributed by atoms with van der Waals surface area (Å²) in [4.78, 5) is 14.2. The van der Waals surface area contributed by atoms with E-state index in [0.29, 0.717) is 13.1 Å². The second-order valence-electron chi connectivity index (χ2n) is 5.29. The number of carbonyl (C=O) groups excluding carboxylic acids is 1. The van der Waals surface area contributed by atoms with Crippen molar-refractivity contribution in [2.75, 3.05) is 46.4 Å². The molecular formula is C16H26ClN3O2. The second kappa shape index (κ2) is 10.4. The molecule has 1 heterocycles. The molecule has 1 saturated heterocycles. The number of methoxy groups -OCH3 is 1.